The van der Waals surface area contributed by atoms with Gasteiger partial charge in [0.15, 0.2) is 0 Å². The zero-order valence-corrected chi connectivity index (χ0v) is 10.8. The van der Waals surface area contributed by atoms with Crippen molar-refractivity contribution >= 4 is 0 Å². The lowest BCUT2D eigenvalue weighted by Gasteiger charge is -2.29. The molecule has 0 bridgehead atoms. The van der Waals surface area contributed by atoms with E-state index in [1.807, 2.05) is 0 Å². The summed E-state index contributed by atoms with van der Waals surface area (Å²) in [6, 6.07) is 0.719. The van der Waals surface area contributed by atoms with Crippen LogP contribution in [0.5, 0.6) is 0 Å². The molecule has 96 valence electrons. The van der Waals surface area contributed by atoms with Crippen molar-refractivity contribution in [3.8, 4) is 0 Å². The van der Waals surface area contributed by atoms with Crippen molar-refractivity contribution in [2.75, 3.05) is 33.5 Å². The molecule has 1 fully saturated rings. The Morgan fingerprint density at radius 2 is 1.94 bits per heavy atom. The second kappa shape index (κ2) is 8.97. The Kier molecular flexibility index (Phi) is 7.81. The minimum Gasteiger partial charge on any atom is -0.385 e. The largest absolute Gasteiger partial charge is 0.385 e. The number of hydrogen-bond acceptors (Lipinski definition) is 3. The summed E-state index contributed by atoms with van der Waals surface area (Å²) in [4.78, 5) is 0. The highest BCUT2D eigenvalue weighted by atomic mass is 16.5. The molecule has 0 aromatic rings. The standard InChI is InChI=1S/C13H27NO2/c1-12-6-3-4-7-13(12)14-8-11-16-10-5-9-15-2/h12-14H,3-11H2,1-2H3. The van der Waals surface area contributed by atoms with Gasteiger partial charge >= 0.3 is 0 Å². The first-order chi connectivity index (χ1) is 7.84. The fraction of sp³-hybridized carbons (Fsp3) is 1.00. The fourth-order valence-electron chi connectivity index (χ4n) is 2.34. The van der Waals surface area contributed by atoms with Gasteiger partial charge in [-0.3, -0.25) is 0 Å². The highest BCUT2D eigenvalue weighted by Gasteiger charge is 2.19. The van der Waals surface area contributed by atoms with Crippen molar-refractivity contribution in [2.24, 2.45) is 5.92 Å². The van der Waals surface area contributed by atoms with Crippen LogP contribution in [-0.4, -0.2) is 39.5 Å². The predicted octanol–water partition coefficient (Wildman–Crippen LogP) is 2.21. The topological polar surface area (TPSA) is 30.5 Å². The van der Waals surface area contributed by atoms with Crippen LogP contribution in [0.3, 0.4) is 0 Å². The van der Waals surface area contributed by atoms with E-state index in [0.29, 0.717) is 0 Å². The summed E-state index contributed by atoms with van der Waals surface area (Å²) in [5.74, 6) is 0.835. The van der Waals surface area contributed by atoms with Crippen LogP contribution >= 0.6 is 0 Å². The van der Waals surface area contributed by atoms with Crippen molar-refractivity contribution in [3.05, 3.63) is 0 Å². The SMILES string of the molecule is COCCCOCCNC1CCCCC1C. The molecule has 1 N–H and O–H groups in total. The molecule has 1 saturated carbocycles. The average molecular weight is 229 g/mol. The molecule has 3 heteroatoms. The minimum absolute atomic E-state index is 0.719. The van der Waals surface area contributed by atoms with Gasteiger partial charge in [-0.2, -0.15) is 0 Å². The molecule has 1 aliphatic rings. The van der Waals surface area contributed by atoms with Crippen LogP contribution in [0.25, 0.3) is 0 Å². The summed E-state index contributed by atoms with van der Waals surface area (Å²) in [7, 11) is 1.73. The van der Waals surface area contributed by atoms with Crippen LogP contribution in [0.2, 0.25) is 0 Å². The van der Waals surface area contributed by atoms with Gasteiger partial charge in [-0.15, -0.1) is 0 Å². The van der Waals surface area contributed by atoms with Gasteiger partial charge in [0, 0.05) is 32.9 Å². The van der Waals surface area contributed by atoms with Gasteiger partial charge in [-0.25, -0.2) is 0 Å². The van der Waals surface area contributed by atoms with Gasteiger partial charge in [0.05, 0.1) is 6.61 Å². The zero-order valence-electron chi connectivity index (χ0n) is 10.8. The van der Waals surface area contributed by atoms with Crippen molar-refractivity contribution in [3.63, 3.8) is 0 Å². The van der Waals surface area contributed by atoms with Crippen LogP contribution in [-0.2, 0) is 9.47 Å². The fourth-order valence-corrected chi connectivity index (χ4v) is 2.34. The van der Waals surface area contributed by atoms with Crippen LogP contribution < -0.4 is 5.32 Å². The van der Waals surface area contributed by atoms with Crippen molar-refractivity contribution in [2.45, 2.75) is 45.1 Å². The highest BCUT2D eigenvalue weighted by Crippen LogP contribution is 2.23. The van der Waals surface area contributed by atoms with Crippen LogP contribution in [0, 0.1) is 5.92 Å². The monoisotopic (exact) mass is 229 g/mol. The molecule has 0 aliphatic heterocycles. The first kappa shape index (κ1) is 13.9. The maximum absolute atomic E-state index is 5.52. The first-order valence-electron chi connectivity index (χ1n) is 6.64. The Labute approximate surface area is 99.9 Å². The molecule has 0 saturated heterocycles. The third-order valence-corrected chi connectivity index (χ3v) is 3.40. The molecule has 2 unspecified atom stereocenters. The van der Waals surface area contributed by atoms with Gasteiger partial charge in [-0.05, 0) is 25.2 Å². The third kappa shape index (κ3) is 5.83. The number of nitrogens with one attached hydrogen (secondary N) is 1. The average Bonchev–Trinajstić information content (AvgIpc) is 2.30. The zero-order chi connectivity index (χ0) is 11.6. The van der Waals surface area contributed by atoms with E-state index in [4.69, 9.17) is 9.47 Å². The highest BCUT2D eigenvalue weighted by molar-refractivity contribution is 4.77. The maximum atomic E-state index is 5.52. The lowest BCUT2D eigenvalue weighted by molar-refractivity contribution is 0.100. The first-order valence-corrected chi connectivity index (χ1v) is 6.64. The van der Waals surface area contributed by atoms with E-state index in [1.165, 1.54) is 25.7 Å². The molecule has 1 aliphatic carbocycles. The van der Waals surface area contributed by atoms with Crippen molar-refractivity contribution in [1.82, 2.24) is 5.32 Å². The van der Waals surface area contributed by atoms with Crippen molar-refractivity contribution in [1.29, 1.82) is 0 Å². The van der Waals surface area contributed by atoms with Gasteiger partial charge in [0.2, 0.25) is 0 Å². The second-order valence-corrected chi connectivity index (χ2v) is 4.78. The molecule has 2 atom stereocenters. The summed E-state index contributed by atoms with van der Waals surface area (Å²) in [6.45, 7) is 5.79. The maximum Gasteiger partial charge on any atom is 0.0591 e. The third-order valence-electron chi connectivity index (χ3n) is 3.40. The molecule has 0 amide bonds. The van der Waals surface area contributed by atoms with Gasteiger partial charge in [0.25, 0.3) is 0 Å². The molecule has 0 radical (unpaired) electrons. The van der Waals surface area contributed by atoms with Crippen LogP contribution in [0.4, 0.5) is 0 Å². The van der Waals surface area contributed by atoms with E-state index in [0.717, 1.165) is 44.7 Å². The lowest BCUT2D eigenvalue weighted by atomic mass is 9.86. The molecule has 0 heterocycles. The number of hydrogen-bond donors (Lipinski definition) is 1. The van der Waals surface area contributed by atoms with Gasteiger partial charge in [-0.1, -0.05) is 19.8 Å². The van der Waals surface area contributed by atoms with E-state index in [9.17, 15) is 0 Å². The lowest BCUT2D eigenvalue weighted by Crippen LogP contribution is -2.39. The Morgan fingerprint density at radius 1 is 1.12 bits per heavy atom. The molecule has 0 aromatic heterocycles. The Balaban J connectivity index is 1.90. The van der Waals surface area contributed by atoms with Crippen LogP contribution in [0.15, 0.2) is 0 Å². The summed E-state index contributed by atoms with van der Waals surface area (Å²) < 4.78 is 10.5. The van der Waals surface area contributed by atoms with Crippen molar-refractivity contribution < 1.29 is 9.47 Å². The molecule has 0 spiro atoms. The molecular formula is C13H27NO2. The van der Waals surface area contributed by atoms with E-state index in [1.54, 1.807) is 7.11 Å². The molecule has 1 rings (SSSR count). The van der Waals surface area contributed by atoms with Gasteiger partial charge in [0.1, 0.15) is 0 Å². The van der Waals surface area contributed by atoms with E-state index < -0.39 is 0 Å². The second-order valence-electron chi connectivity index (χ2n) is 4.78. The minimum atomic E-state index is 0.719. The summed E-state index contributed by atoms with van der Waals surface area (Å²) in [5.41, 5.74) is 0. The van der Waals surface area contributed by atoms with Gasteiger partial charge < -0.3 is 14.8 Å². The molecular weight excluding hydrogens is 202 g/mol. The summed E-state index contributed by atoms with van der Waals surface area (Å²) >= 11 is 0. The number of methoxy groups -OCH3 is 1. The quantitative estimate of drug-likeness (QED) is 0.647. The molecule has 16 heavy (non-hydrogen) atoms. The Hall–Kier alpha value is -0.120. The Bertz CT molecular complexity index is 164. The summed E-state index contributed by atoms with van der Waals surface area (Å²) in [6.07, 6.45) is 6.51. The summed E-state index contributed by atoms with van der Waals surface area (Å²) in [5, 5.41) is 3.61. The van der Waals surface area contributed by atoms with E-state index in [-0.39, 0.29) is 0 Å². The predicted molar refractivity (Wildman–Crippen MR) is 66.7 cm³/mol. The van der Waals surface area contributed by atoms with Crippen LogP contribution in [0.1, 0.15) is 39.0 Å². The smallest absolute Gasteiger partial charge is 0.0591 e. The normalized spacial score (nSPS) is 25.9. The van der Waals surface area contributed by atoms with E-state index in [2.05, 4.69) is 12.2 Å². The number of ether oxygens (including phenoxy) is 2. The number of rotatable bonds is 8. The molecule has 3 nitrogen and oxygen atoms in total. The Morgan fingerprint density at radius 3 is 2.69 bits per heavy atom. The molecule has 0 aromatic carbocycles. The van der Waals surface area contributed by atoms with E-state index >= 15 is 0 Å².